The van der Waals surface area contributed by atoms with Crippen molar-refractivity contribution in [2.45, 2.75) is 52.6 Å². The number of piperidine rings is 1. The molecule has 1 saturated heterocycles. The molecule has 1 fully saturated rings. The fraction of sp³-hybridized carbons (Fsp3) is 0.688. The number of aryl methyl sites for hydroxylation is 2. The lowest BCUT2D eigenvalue weighted by Crippen LogP contribution is -2.46. The summed E-state index contributed by atoms with van der Waals surface area (Å²) >= 11 is 0. The number of aliphatic hydroxyl groups excluding tert-OH is 1. The number of anilines is 1. The highest BCUT2D eigenvalue weighted by atomic mass is 16.7. The minimum absolute atomic E-state index is 0.0534. The SMILES string of the molecule is CC.Cc1nc(N2CCC[C@](C)(O)C2)c2c(OC(O)O)nn(C)c2n1. The lowest BCUT2D eigenvalue weighted by Gasteiger charge is -2.37. The molecule has 0 bridgehead atoms. The van der Waals surface area contributed by atoms with Crippen molar-refractivity contribution in [1.82, 2.24) is 19.7 Å². The molecule has 9 nitrogen and oxygen atoms in total. The third-order valence-corrected chi connectivity index (χ3v) is 3.94. The van der Waals surface area contributed by atoms with E-state index in [1.807, 2.05) is 18.7 Å². The zero-order valence-corrected chi connectivity index (χ0v) is 15.4. The average molecular weight is 353 g/mol. The Morgan fingerprint density at radius 2 is 1.92 bits per heavy atom. The maximum Gasteiger partial charge on any atom is 0.312 e. The van der Waals surface area contributed by atoms with Crippen LogP contribution in [0.2, 0.25) is 0 Å². The van der Waals surface area contributed by atoms with Crippen LogP contribution in [-0.2, 0) is 7.05 Å². The molecular formula is C16H27N5O4. The third kappa shape index (κ3) is 4.17. The smallest absolute Gasteiger partial charge is 0.312 e. The molecule has 0 amide bonds. The second kappa shape index (κ2) is 7.51. The van der Waals surface area contributed by atoms with Gasteiger partial charge in [-0.1, -0.05) is 13.8 Å². The molecule has 25 heavy (non-hydrogen) atoms. The van der Waals surface area contributed by atoms with E-state index in [2.05, 4.69) is 15.1 Å². The summed E-state index contributed by atoms with van der Waals surface area (Å²) in [6.45, 7) is 6.75. The molecule has 2 aromatic heterocycles. The molecular weight excluding hydrogens is 326 g/mol. The highest BCUT2D eigenvalue weighted by Crippen LogP contribution is 2.34. The first-order chi connectivity index (χ1) is 11.8. The number of hydrogen-bond donors (Lipinski definition) is 3. The average Bonchev–Trinajstić information content (AvgIpc) is 2.83. The van der Waals surface area contributed by atoms with Crippen molar-refractivity contribution in [1.29, 1.82) is 0 Å². The molecule has 0 spiro atoms. The van der Waals surface area contributed by atoms with E-state index in [1.54, 1.807) is 20.9 Å². The summed E-state index contributed by atoms with van der Waals surface area (Å²) in [6.07, 6.45) is 1.55. The quantitative estimate of drug-likeness (QED) is 0.690. The van der Waals surface area contributed by atoms with E-state index in [0.717, 1.165) is 19.4 Å². The van der Waals surface area contributed by atoms with Crippen LogP contribution in [-0.4, -0.2) is 60.2 Å². The Hall–Kier alpha value is -1.97. The predicted octanol–water partition coefficient (Wildman–Crippen LogP) is 0.696. The number of aromatic nitrogens is 4. The molecule has 0 saturated carbocycles. The van der Waals surface area contributed by atoms with Crippen molar-refractivity contribution >= 4 is 16.9 Å². The van der Waals surface area contributed by atoms with Crippen molar-refractivity contribution in [3.63, 3.8) is 0 Å². The van der Waals surface area contributed by atoms with Crippen LogP contribution in [0.1, 0.15) is 39.4 Å². The van der Waals surface area contributed by atoms with E-state index in [9.17, 15) is 5.11 Å². The largest absolute Gasteiger partial charge is 0.421 e. The minimum atomic E-state index is -1.98. The highest BCUT2D eigenvalue weighted by molar-refractivity contribution is 5.92. The molecule has 1 atom stereocenters. The van der Waals surface area contributed by atoms with Gasteiger partial charge in [-0.2, -0.15) is 0 Å². The van der Waals surface area contributed by atoms with Gasteiger partial charge in [-0.05, 0) is 26.7 Å². The zero-order chi connectivity index (χ0) is 18.8. The van der Waals surface area contributed by atoms with Gasteiger partial charge in [-0.25, -0.2) is 14.6 Å². The fourth-order valence-corrected chi connectivity index (χ4v) is 3.01. The summed E-state index contributed by atoms with van der Waals surface area (Å²) in [5.74, 6) is 1.20. The summed E-state index contributed by atoms with van der Waals surface area (Å²) in [7, 11) is 1.70. The first-order valence-electron chi connectivity index (χ1n) is 8.48. The Kier molecular flexibility index (Phi) is 5.81. The predicted molar refractivity (Wildman–Crippen MR) is 93.3 cm³/mol. The van der Waals surface area contributed by atoms with Gasteiger partial charge in [0.05, 0.1) is 5.60 Å². The van der Waals surface area contributed by atoms with Gasteiger partial charge >= 0.3 is 6.48 Å². The third-order valence-electron chi connectivity index (χ3n) is 3.94. The van der Waals surface area contributed by atoms with Gasteiger partial charge in [0.2, 0.25) is 0 Å². The summed E-state index contributed by atoms with van der Waals surface area (Å²) in [6, 6.07) is 0. The molecule has 1 aliphatic heterocycles. The first-order valence-corrected chi connectivity index (χ1v) is 8.48. The second-order valence-electron chi connectivity index (χ2n) is 6.19. The van der Waals surface area contributed by atoms with Gasteiger partial charge < -0.3 is 25.0 Å². The molecule has 0 aliphatic carbocycles. The van der Waals surface area contributed by atoms with Crippen LogP contribution in [0, 0.1) is 6.92 Å². The number of hydrogen-bond acceptors (Lipinski definition) is 8. The van der Waals surface area contributed by atoms with Crippen molar-refractivity contribution < 1.29 is 20.1 Å². The Labute approximate surface area is 146 Å². The molecule has 1 aliphatic rings. The van der Waals surface area contributed by atoms with Crippen LogP contribution in [0.3, 0.4) is 0 Å². The molecule has 0 unspecified atom stereocenters. The van der Waals surface area contributed by atoms with Gasteiger partial charge in [-0.15, -0.1) is 5.10 Å². The monoisotopic (exact) mass is 353 g/mol. The number of ether oxygens (including phenoxy) is 1. The second-order valence-corrected chi connectivity index (χ2v) is 6.19. The van der Waals surface area contributed by atoms with E-state index in [0.29, 0.717) is 29.2 Å². The van der Waals surface area contributed by atoms with E-state index >= 15 is 0 Å². The van der Waals surface area contributed by atoms with Gasteiger partial charge in [0.15, 0.2) is 5.65 Å². The van der Waals surface area contributed by atoms with Crippen molar-refractivity contribution in [2.24, 2.45) is 7.05 Å². The standard InChI is InChI=1S/C14H21N5O4.C2H6/c1-8-15-10-9(12(17-18(10)3)23-13(20)21)11(16-8)19-6-4-5-14(2,22)7-19;1-2/h13,20-22H,4-7H2,1-3H3;1-2H3/t14-;/m0./s1. The normalized spacial score (nSPS) is 20.6. The lowest BCUT2D eigenvalue weighted by atomic mass is 9.95. The van der Waals surface area contributed by atoms with Gasteiger partial charge in [0, 0.05) is 20.1 Å². The van der Waals surface area contributed by atoms with Gasteiger partial charge in [0.25, 0.3) is 5.88 Å². The number of fused-ring (bicyclic) bond motifs is 1. The molecule has 140 valence electrons. The molecule has 3 heterocycles. The van der Waals surface area contributed by atoms with Crippen molar-refractivity contribution in [3.05, 3.63) is 5.82 Å². The number of nitrogens with zero attached hydrogens (tertiary/aromatic N) is 5. The maximum absolute atomic E-state index is 10.4. The first kappa shape index (κ1) is 19.4. The summed E-state index contributed by atoms with van der Waals surface area (Å²) in [4.78, 5) is 10.8. The van der Waals surface area contributed by atoms with E-state index in [1.165, 1.54) is 4.68 Å². The number of aliphatic hydroxyl groups is 3. The Balaban J connectivity index is 0.00000109. The van der Waals surface area contributed by atoms with Crippen LogP contribution < -0.4 is 9.64 Å². The minimum Gasteiger partial charge on any atom is -0.421 e. The van der Waals surface area contributed by atoms with Crippen LogP contribution in [0.25, 0.3) is 11.0 Å². The molecule has 2 aromatic rings. The molecule has 0 radical (unpaired) electrons. The van der Waals surface area contributed by atoms with Crippen LogP contribution in [0.5, 0.6) is 5.88 Å². The number of β-amino-alcohol motifs (C(OH)–C–C–N with tert-alkyl or cyclic N) is 1. The van der Waals surface area contributed by atoms with Crippen LogP contribution >= 0.6 is 0 Å². The molecule has 3 rings (SSSR count). The topological polar surface area (TPSA) is 117 Å². The van der Waals surface area contributed by atoms with Crippen LogP contribution in [0.15, 0.2) is 0 Å². The summed E-state index contributed by atoms with van der Waals surface area (Å²) in [5.41, 5.74) is -0.267. The molecule has 3 N–H and O–H groups in total. The van der Waals surface area contributed by atoms with E-state index in [-0.39, 0.29) is 5.88 Å². The van der Waals surface area contributed by atoms with Crippen molar-refractivity contribution in [2.75, 3.05) is 18.0 Å². The van der Waals surface area contributed by atoms with E-state index < -0.39 is 12.1 Å². The zero-order valence-electron chi connectivity index (χ0n) is 15.4. The lowest BCUT2D eigenvalue weighted by molar-refractivity contribution is -0.180. The van der Waals surface area contributed by atoms with E-state index in [4.69, 9.17) is 14.9 Å². The molecule has 0 aromatic carbocycles. The molecule has 9 heteroatoms. The van der Waals surface area contributed by atoms with Crippen LogP contribution in [0.4, 0.5) is 5.82 Å². The summed E-state index contributed by atoms with van der Waals surface area (Å²) < 4.78 is 6.49. The maximum atomic E-state index is 10.4. The van der Waals surface area contributed by atoms with Gasteiger partial charge in [-0.3, -0.25) is 0 Å². The Bertz CT molecular complexity index is 729. The fourth-order valence-electron chi connectivity index (χ4n) is 3.01. The Morgan fingerprint density at radius 3 is 2.52 bits per heavy atom. The number of rotatable bonds is 3. The van der Waals surface area contributed by atoms with Crippen molar-refractivity contribution in [3.8, 4) is 5.88 Å². The highest BCUT2D eigenvalue weighted by Gasteiger charge is 2.32. The summed E-state index contributed by atoms with van der Waals surface area (Å²) in [5, 5.41) is 33.2. The Morgan fingerprint density at radius 1 is 1.24 bits per heavy atom. The van der Waals surface area contributed by atoms with Gasteiger partial charge in [0.1, 0.15) is 17.0 Å².